The van der Waals surface area contributed by atoms with E-state index in [2.05, 4.69) is 5.32 Å². The zero-order valence-corrected chi connectivity index (χ0v) is 12.3. The smallest absolute Gasteiger partial charge is 0.379 e. The summed E-state index contributed by atoms with van der Waals surface area (Å²) < 4.78 is 43.4. The van der Waals surface area contributed by atoms with E-state index in [-0.39, 0.29) is 11.6 Å². The Morgan fingerprint density at radius 3 is 2.40 bits per heavy atom. The number of likely N-dealkylation sites (N-methyl/N-ethyl adjacent to an activating group) is 1. The molecule has 0 amide bonds. The monoisotopic (exact) mass is 289 g/mol. The predicted molar refractivity (Wildman–Crippen MR) is 73.7 cm³/mol. The number of hydrogen-bond acceptors (Lipinski definition) is 2. The second kappa shape index (κ2) is 6.59. The van der Waals surface area contributed by atoms with Crippen molar-refractivity contribution in [1.29, 1.82) is 0 Å². The van der Waals surface area contributed by atoms with Crippen LogP contribution in [-0.4, -0.2) is 25.8 Å². The van der Waals surface area contributed by atoms with Gasteiger partial charge in [-0.2, -0.15) is 13.2 Å². The minimum Gasteiger partial charge on any atom is -0.379 e. The van der Waals surface area contributed by atoms with Gasteiger partial charge in [0.25, 0.3) is 0 Å². The maximum Gasteiger partial charge on any atom is 0.416 e. The van der Waals surface area contributed by atoms with Gasteiger partial charge in [0.15, 0.2) is 0 Å². The zero-order valence-electron chi connectivity index (χ0n) is 12.3. The van der Waals surface area contributed by atoms with E-state index in [1.807, 2.05) is 20.9 Å². The first kappa shape index (κ1) is 17.0. The van der Waals surface area contributed by atoms with Gasteiger partial charge in [-0.1, -0.05) is 18.2 Å². The fourth-order valence-electron chi connectivity index (χ4n) is 2.11. The van der Waals surface area contributed by atoms with Crippen LogP contribution in [-0.2, 0) is 17.3 Å². The Hall–Kier alpha value is -1.07. The van der Waals surface area contributed by atoms with E-state index in [0.29, 0.717) is 12.0 Å². The van der Waals surface area contributed by atoms with Crippen molar-refractivity contribution in [2.75, 3.05) is 14.2 Å². The zero-order chi connectivity index (χ0) is 15.4. The molecule has 0 aliphatic rings. The minimum absolute atomic E-state index is 0.0634. The summed E-state index contributed by atoms with van der Waals surface area (Å²) in [6, 6.07) is 5.54. The van der Waals surface area contributed by atoms with Gasteiger partial charge in [-0.25, -0.2) is 0 Å². The summed E-state index contributed by atoms with van der Waals surface area (Å²) in [6.45, 7) is 3.92. The average Bonchev–Trinajstić information content (AvgIpc) is 2.37. The van der Waals surface area contributed by atoms with Crippen molar-refractivity contribution in [1.82, 2.24) is 5.32 Å². The molecule has 0 spiro atoms. The van der Waals surface area contributed by atoms with Crippen LogP contribution in [0.4, 0.5) is 13.2 Å². The fraction of sp³-hybridized carbons (Fsp3) is 0.600. The topological polar surface area (TPSA) is 21.3 Å². The second-order valence-electron chi connectivity index (χ2n) is 5.56. The normalized spacial score (nSPS) is 14.3. The van der Waals surface area contributed by atoms with E-state index in [0.717, 1.165) is 12.5 Å². The molecule has 1 unspecified atom stereocenters. The summed E-state index contributed by atoms with van der Waals surface area (Å²) in [5, 5.41) is 3.14. The number of methoxy groups -OCH3 is 1. The molecule has 0 saturated carbocycles. The summed E-state index contributed by atoms with van der Waals surface area (Å²) in [4.78, 5) is 0. The molecule has 0 saturated heterocycles. The highest BCUT2D eigenvalue weighted by atomic mass is 19.4. The molecule has 0 aromatic heterocycles. The van der Waals surface area contributed by atoms with E-state index in [1.54, 1.807) is 13.2 Å². The van der Waals surface area contributed by atoms with Crippen molar-refractivity contribution in [2.45, 2.75) is 44.5 Å². The summed E-state index contributed by atoms with van der Waals surface area (Å²) in [7, 11) is 3.45. The third-order valence-electron chi connectivity index (χ3n) is 3.44. The number of nitrogens with one attached hydrogen (secondary N) is 1. The first-order valence-electron chi connectivity index (χ1n) is 6.56. The first-order chi connectivity index (χ1) is 9.18. The van der Waals surface area contributed by atoms with Gasteiger partial charge in [-0.3, -0.25) is 0 Å². The first-order valence-corrected chi connectivity index (χ1v) is 6.56. The van der Waals surface area contributed by atoms with Crippen LogP contribution in [0.3, 0.4) is 0 Å². The lowest BCUT2D eigenvalue weighted by molar-refractivity contribution is -0.137. The highest BCUT2D eigenvalue weighted by Crippen LogP contribution is 2.30. The molecule has 0 fully saturated rings. The van der Waals surface area contributed by atoms with Crippen LogP contribution < -0.4 is 5.32 Å². The van der Waals surface area contributed by atoms with E-state index in [4.69, 9.17) is 4.74 Å². The summed E-state index contributed by atoms with van der Waals surface area (Å²) in [5.74, 6) is 0. The van der Waals surface area contributed by atoms with Gasteiger partial charge in [-0.05, 0) is 45.4 Å². The minimum atomic E-state index is -4.29. The molecule has 1 rings (SSSR count). The standard InChI is InChI=1S/C15H22F3NO/c1-14(2,20-4)10-13(19-3)9-11-6-5-7-12(8-11)15(16,17)18/h5-8,13,19H,9-10H2,1-4H3. The Balaban J connectivity index is 2.81. The van der Waals surface area contributed by atoms with E-state index >= 15 is 0 Å². The Morgan fingerprint density at radius 2 is 1.90 bits per heavy atom. The summed E-state index contributed by atoms with van der Waals surface area (Å²) in [6.07, 6.45) is -3.04. The molecule has 1 aromatic carbocycles. The largest absolute Gasteiger partial charge is 0.416 e. The molecular formula is C15H22F3NO. The molecule has 0 radical (unpaired) electrons. The molecule has 114 valence electrons. The van der Waals surface area contributed by atoms with E-state index in [1.165, 1.54) is 12.1 Å². The average molecular weight is 289 g/mol. The SMILES string of the molecule is CNC(Cc1cccc(C(F)(F)F)c1)CC(C)(C)OC. The van der Waals surface area contributed by atoms with Crippen molar-refractivity contribution in [3.05, 3.63) is 35.4 Å². The van der Waals surface area contributed by atoms with Gasteiger partial charge in [0.2, 0.25) is 0 Å². The van der Waals surface area contributed by atoms with Gasteiger partial charge < -0.3 is 10.1 Å². The van der Waals surface area contributed by atoms with E-state index in [9.17, 15) is 13.2 Å². The molecule has 0 bridgehead atoms. The van der Waals surface area contributed by atoms with Crippen molar-refractivity contribution >= 4 is 0 Å². The third-order valence-corrected chi connectivity index (χ3v) is 3.44. The fourth-order valence-corrected chi connectivity index (χ4v) is 2.11. The van der Waals surface area contributed by atoms with Crippen molar-refractivity contribution < 1.29 is 17.9 Å². The molecule has 0 heterocycles. The molecular weight excluding hydrogens is 267 g/mol. The van der Waals surface area contributed by atoms with Gasteiger partial charge in [0.1, 0.15) is 0 Å². The van der Waals surface area contributed by atoms with Crippen molar-refractivity contribution in [3.63, 3.8) is 0 Å². The number of hydrogen-bond donors (Lipinski definition) is 1. The van der Waals surface area contributed by atoms with Crippen LogP contribution in [0.5, 0.6) is 0 Å². The number of alkyl halides is 3. The van der Waals surface area contributed by atoms with Gasteiger partial charge in [-0.15, -0.1) is 0 Å². The lowest BCUT2D eigenvalue weighted by atomic mass is 9.93. The maximum absolute atomic E-state index is 12.7. The van der Waals surface area contributed by atoms with Gasteiger partial charge in [0, 0.05) is 13.2 Å². The second-order valence-corrected chi connectivity index (χ2v) is 5.56. The van der Waals surface area contributed by atoms with Crippen LogP contribution in [0.2, 0.25) is 0 Å². The van der Waals surface area contributed by atoms with Crippen LogP contribution >= 0.6 is 0 Å². The van der Waals surface area contributed by atoms with Gasteiger partial charge in [0.05, 0.1) is 11.2 Å². The molecule has 1 aromatic rings. The summed E-state index contributed by atoms with van der Waals surface area (Å²) in [5.41, 5.74) is -0.239. The van der Waals surface area contributed by atoms with Crippen LogP contribution in [0.25, 0.3) is 0 Å². The Kier molecular flexibility index (Phi) is 5.59. The molecule has 1 atom stereocenters. The quantitative estimate of drug-likeness (QED) is 0.863. The molecule has 1 N–H and O–H groups in total. The van der Waals surface area contributed by atoms with Crippen LogP contribution in [0.1, 0.15) is 31.4 Å². The van der Waals surface area contributed by atoms with E-state index < -0.39 is 11.7 Å². The van der Waals surface area contributed by atoms with Crippen molar-refractivity contribution in [3.8, 4) is 0 Å². The number of ether oxygens (including phenoxy) is 1. The third kappa shape index (κ3) is 5.13. The molecule has 5 heteroatoms. The summed E-state index contributed by atoms with van der Waals surface area (Å²) >= 11 is 0. The highest BCUT2D eigenvalue weighted by molar-refractivity contribution is 5.26. The Labute approximate surface area is 118 Å². The molecule has 0 aliphatic heterocycles. The number of benzene rings is 1. The maximum atomic E-state index is 12.7. The Morgan fingerprint density at radius 1 is 1.25 bits per heavy atom. The molecule has 20 heavy (non-hydrogen) atoms. The highest BCUT2D eigenvalue weighted by Gasteiger charge is 2.30. The lowest BCUT2D eigenvalue weighted by Crippen LogP contribution is -2.37. The molecule has 2 nitrogen and oxygen atoms in total. The Bertz CT molecular complexity index is 429. The predicted octanol–water partition coefficient (Wildman–Crippen LogP) is 3.65. The van der Waals surface area contributed by atoms with Crippen LogP contribution in [0, 0.1) is 0 Å². The van der Waals surface area contributed by atoms with Gasteiger partial charge >= 0.3 is 6.18 Å². The van der Waals surface area contributed by atoms with Crippen molar-refractivity contribution in [2.24, 2.45) is 0 Å². The lowest BCUT2D eigenvalue weighted by Gasteiger charge is -2.28. The number of halogens is 3. The van der Waals surface area contributed by atoms with Crippen LogP contribution in [0.15, 0.2) is 24.3 Å². The molecule has 0 aliphatic carbocycles. The number of rotatable bonds is 6.